The summed E-state index contributed by atoms with van der Waals surface area (Å²) in [5, 5.41) is 5.05. The van der Waals surface area contributed by atoms with Gasteiger partial charge in [-0.2, -0.15) is 13.2 Å². The molecule has 0 saturated carbocycles. The molecule has 33 heavy (non-hydrogen) atoms. The highest BCUT2D eigenvalue weighted by Gasteiger charge is 2.30. The molecule has 4 rings (SSSR count). The van der Waals surface area contributed by atoms with Crippen LogP contribution >= 0.6 is 0 Å². The third-order valence-electron chi connectivity index (χ3n) is 5.31. The Balaban J connectivity index is 1.50. The molecule has 1 aliphatic rings. The highest BCUT2D eigenvalue weighted by molar-refractivity contribution is 6.00. The van der Waals surface area contributed by atoms with Crippen LogP contribution in [-0.2, 0) is 6.18 Å². The molecule has 9 heteroatoms. The number of alkyl halides is 3. The van der Waals surface area contributed by atoms with Gasteiger partial charge in [0, 0.05) is 54.6 Å². The number of anilines is 3. The predicted octanol–water partition coefficient (Wildman–Crippen LogP) is 5.97. The van der Waals surface area contributed by atoms with Crippen molar-refractivity contribution in [2.75, 3.05) is 29.6 Å². The summed E-state index contributed by atoms with van der Waals surface area (Å²) in [6.07, 6.45) is -0.814. The fourth-order valence-corrected chi connectivity index (χ4v) is 3.73. The summed E-state index contributed by atoms with van der Waals surface area (Å²) in [6.45, 7) is 2.02. The number of carbonyl (C=O) groups excluding carboxylic acids is 1. The Kier molecular flexibility index (Phi) is 5.80. The van der Waals surface area contributed by atoms with Crippen molar-refractivity contribution in [2.45, 2.75) is 19.1 Å². The molecule has 0 fully saturated rings. The Morgan fingerprint density at radius 3 is 2.39 bits per heavy atom. The first-order chi connectivity index (χ1) is 15.6. The van der Waals surface area contributed by atoms with Crippen LogP contribution in [0.25, 0.3) is 11.1 Å². The topological polar surface area (TPSA) is 69.6 Å². The van der Waals surface area contributed by atoms with E-state index in [9.17, 15) is 18.0 Å². The van der Waals surface area contributed by atoms with Crippen LogP contribution in [-0.4, -0.2) is 31.3 Å². The quantitative estimate of drug-likeness (QED) is 0.511. The highest BCUT2D eigenvalue weighted by Crippen LogP contribution is 2.38. The van der Waals surface area contributed by atoms with Gasteiger partial charge in [0.2, 0.25) is 0 Å². The lowest BCUT2D eigenvalue weighted by molar-refractivity contribution is -0.137. The second-order valence-electron chi connectivity index (χ2n) is 7.91. The van der Waals surface area contributed by atoms with Crippen molar-refractivity contribution in [3.05, 3.63) is 71.4 Å². The van der Waals surface area contributed by atoms with Crippen molar-refractivity contribution in [1.82, 2.24) is 4.98 Å². The average molecular weight is 453 g/mol. The third kappa shape index (κ3) is 4.67. The first-order valence-corrected chi connectivity index (χ1v) is 10.2. The molecule has 0 aliphatic carbocycles. The smallest absolute Gasteiger partial charge is 0.362 e. The van der Waals surface area contributed by atoms with Gasteiger partial charge >= 0.3 is 12.2 Å². The Morgan fingerprint density at radius 2 is 1.73 bits per heavy atom. The van der Waals surface area contributed by atoms with Gasteiger partial charge in [-0.3, -0.25) is 4.99 Å². The maximum atomic E-state index is 12.9. The van der Waals surface area contributed by atoms with Gasteiger partial charge in [-0.15, -0.1) is 0 Å². The normalized spacial score (nSPS) is 14.7. The summed E-state index contributed by atoms with van der Waals surface area (Å²) in [6, 6.07) is 11.0. The van der Waals surface area contributed by atoms with E-state index in [0.717, 1.165) is 40.2 Å². The molecule has 2 heterocycles. The molecule has 3 aromatic rings. The Labute approximate surface area is 189 Å². The minimum Gasteiger partial charge on any atom is -0.362 e. The first-order valence-electron chi connectivity index (χ1n) is 10.2. The number of benzene rings is 2. The van der Waals surface area contributed by atoms with Crippen LogP contribution in [0.4, 0.5) is 35.2 Å². The largest absolute Gasteiger partial charge is 0.416 e. The first kappa shape index (κ1) is 22.3. The van der Waals surface area contributed by atoms with Gasteiger partial charge in [-0.05, 0) is 42.8 Å². The van der Waals surface area contributed by atoms with E-state index in [1.165, 1.54) is 12.1 Å². The van der Waals surface area contributed by atoms with Gasteiger partial charge in [0.25, 0.3) is 0 Å². The van der Waals surface area contributed by atoms with E-state index in [1.807, 2.05) is 44.3 Å². The monoisotopic (exact) mass is 453 g/mol. The summed E-state index contributed by atoms with van der Waals surface area (Å²) in [5.74, 6) is 0.878. The Hall–Kier alpha value is -3.88. The zero-order valence-electron chi connectivity index (χ0n) is 18.2. The number of amides is 2. The van der Waals surface area contributed by atoms with Gasteiger partial charge in [0.1, 0.15) is 5.82 Å². The highest BCUT2D eigenvalue weighted by atomic mass is 19.4. The summed E-state index contributed by atoms with van der Waals surface area (Å²) in [7, 11) is 3.89. The molecule has 1 atom stereocenters. The molecule has 2 aromatic carbocycles. The molecule has 170 valence electrons. The predicted molar refractivity (Wildman–Crippen MR) is 124 cm³/mol. The fourth-order valence-electron chi connectivity index (χ4n) is 3.73. The van der Waals surface area contributed by atoms with E-state index in [2.05, 4.69) is 20.6 Å². The minimum absolute atomic E-state index is 0.0188. The molecule has 1 aliphatic heterocycles. The second kappa shape index (κ2) is 8.57. The number of urea groups is 1. The van der Waals surface area contributed by atoms with Crippen LogP contribution in [0.3, 0.4) is 0 Å². The molecule has 1 unspecified atom stereocenters. The standard InChI is InChI=1S/C24H22F3N5O/c1-14-21-20(13-28-14)19(12-29-22(21)32(2)3)15-7-9-17(10-8-15)30-23(33)31-18-6-4-5-16(11-18)24(25,26)27/h4-14H,1-3H3,(H2,30,31,33). The lowest BCUT2D eigenvalue weighted by atomic mass is 9.96. The van der Waals surface area contributed by atoms with E-state index in [4.69, 9.17) is 0 Å². The zero-order chi connectivity index (χ0) is 23.8. The van der Waals surface area contributed by atoms with Crippen molar-refractivity contribution in [3.8, 4) is 11.1 Å². The Morgan fingerprint density at radius 1 is 1.03 bits per heavy atom. The molecule has 6 nitrogen and oxygen atoms in total. The molecular formula is C24H22F3N5O. The molecular weight excluding hydrogens is 431 g/mol. The van der Waals surface area contributed by atoms with Crippen LogP contribution < -0.4 is 15.5 Å². The molecule has 0 bridgehead atoms. The number of rotatable bonds is 4. The summed E-state index contributed by atoms with van der Waals surface area (Å²) < 4.78 is 38.6. The average Bonchev–Trinajstić information content (AvgIpc) is 3.15. The van der Waals surface area contributed by atoms with Gasteiger partial charge in [0.15, 0.2) is 0 Å². The summed E-state index contributed by atoms with van der Waals surface area (Å²) >= 11 is 0. The number of nitrogens with one attached hydrogen (secondary N) is 2. The van der Waals surface area contributed by atoms with E-state index in [1.54, 1.807) is 18.3 Å². The molecule has 1 aromatic heterocycles. The number of pyridine rings is 1. The minimum atomic E-state index is -4.48. The zero-order valence-corrected chi connectivity index (χ0v) is 18.2. The molecule has 0 saturated heterocycles. The van der Waals surface area contributed by atoms with E-state index in [-0.39, 0.29) is 11.7 Å². The van der Waals surface area contributed by atoms with Gasteiger partial charge in [-0.25, -0.2) is 9.78 Å². The number of hydrogen-bond donors (Lipinski definition) is 2. The maximum absolute atomic E-state index is 12.9. The van der Waals surface area contributed by atoms with Gasteiger partial charge < -0.3 is 15.5 Å². The lowest BCUT2D eigenvalue weighted by Gasteiger charge is -2.19. The van der Waals surface area contributed by atoms with Crippen LogP contribution in [0.5, 0.6) is 0 Å². The van der Waals surface area contributed by atoms with Crippen molar-refractivity contribution < 1.29 is 18.0 Å². The van der Waals surface area contributed by atoms with E-state index in [0.29, 0.717) is 5.69 Å². The summed E-state index contributed by atoms with van der Waals surface area (Å²) in [4.78, 5) is 23.3. The number of hydrogen-bond acceptors (Lipinski definition) is 4. The maximum Gasteiger partial charge on any atom is 0.416 e. The van der Waals surface area contributed by atoms with Crippen LogP contribution in [0, 0.1) is 0 Å². The van der Waals surface area contributed by atoms with Crippen molar-refractivity contribution in [1.29, 1.82) is 0 Å². The van der Waals surface area contributed by atoms with Crippen molar-refractivity contribution >= 4 is 29.4 Å². The molecule has 0 spiro atoms. The lowest BCUT2D eigenvalue weighted by Crippen LogP contribution is -2.19. The number of aliphatic imine (C=N–C) groups is 1. The number of halogens is 3. The fraction of sp³-hybridized carbons (Fsp3) is 0.208. The number of carbonyl (C=O) groups is 1. The second-order valence-corrected chi connectivity index (χ2v) is 7.91. The van der Waals surface area contributed by atoms with Crippen LogP contribution in [0.2, 0.25) is 0 Å². The molecule has 2 amide bonds. The van der Waals surface area contributed by atoms with Crippen molar-refractivity contribution in [2.24, 2.45) is 4.99 Å². The van der Waals surface area contributed by atoms with Crippen LogP contribution in [0.1, 0.15) is 29.7 Å². The molecule has 2 N–H and O–H groups in total. The molecule has 0 radical (unpaired) electrons. The van der Waals surface area contributed by atoms with Gasteiger partial charge in [0.05, 0.1) is 11.6 Å². The summed E-state index contributed by atoms with van der Waals surface area (Å²) in [5.41, 5.74) is 3.65. The SMILES string of the molecule is CC1N=Cc2c(-c3ccc(NC(=O)Nc4cccc(C(F)(F)F)c4)cc3)cnc(N(C)C)c21. The number of aromatic nitrogens is 1. The third-order valence-corrected chi connectivity index (χ3v) is 5.31. The number of fused-ring (bicyclic) bond motifs is 1. The van der Waals surface area contributed by atoms with E-state index < -0.39 is 17.8 Å². The van der Waals surface area contributed by atoms with Crippen molar-refractivity contribution in [3.63, 3.8) is 0 Å². The Bertz CT molecular complexity index is 1220. The van der Waals surface area contributed by atoms with E-state index >= 15 is 0 Å². The number of nitrogens with zero attached hydrogens (tertiary/aromatic N) is 3. The van der Waals surface area contributed by atoms with Crippen LogP contribution in [0.15, 0.2) is 59.7 Å². The van der Waals surface area contributed by atoms with Gasteiger partial charge in [-0.1, -0.05) is 18.2 Å².